The number of nitrogens with zero attached hydrogens (tertiary/aromatic N) is 5. The van der Waals surface area contributed by atoms with Gasteiger partial charge in [-0.05, 0) is 50.4 Å². The molecule has 8 heteroatoms. The lowest BCUT2D eigenvalue weighted by atomic mass is 9.99. The SMILES string of the molecule is Cc1cnn(CCCn2nc(C3CCCNC3)n(-c3ccccc3)c2=O)c1.Cl. The van der Waals surface area contributed by atoms with Crippen molar-refractivity contribution in [2.75, 3.05) is 13.1 Å². The summed E-state index contributed by atoms with van der Waals surface area (Å²) in [6.45, 7) is 5.30. The Morgan fingerprint density at radius 2 is 2.04 bits per heavy atom. The Labute approximate surface area is 170 Å². The van der Waals surface area contributed by atoms with E-state index in [9.17, 15) is 4.79 Å². The molecule has 1 unspecified atom stereocenters. The van der Waals surface area contributed by atoms with Gasteiger partial charge in [0.15, 0.2) is 0 Å². The third-order valence-electron chi connectivity index (χ3n) is 5.06. The zero-order valence-electron chi connectivity index (χ0n) is 16.1. The highest BCUT2D eigenvalue weighted by Gasteiger charge is 2.24. The fourth-order valence-corrected chi connectivity index (χ4v) is 3.70. The first-order valence-corrected chi connectivity index (χ1v) is 9.67. The number of para-hydroxylation sites is 1. The molecule has 0 spiro atoms. The Morgan fingerprint density at radius 1 is 1.21 bits per heavy atom. The topological polar surface area (TPSA) is 69.7 Å². The summed E-state index contributed by atoms with van der Waals surface area (Å²) in [5.74, 6) is 1.13. The summed E-state index contributed by atoms with van der Waals surface area (Å²) in [7, 11) is 0. The van der Waals surface area contributed by atoms with Gasteiger partial charge >= 0.3 is 5.69 Å². The van der Waals surface area contributed by atoms with Crippen molar-refractivity contribution in [2.24, 2.45) is 0 Å². The Kier molecular flexibility index (Phi) is 6.70. The van der Waals surface area contributed by atoms with Gasteiger partial charge in [0.1, 0.15) is 5.82 Å². The number of halogens is 1. The molecule has 4 rings (SSSR count). The van der Waals surface area contributed by atoms with Gasteiger partial charge in [0, 0.05) is 31.7 Å². The molecule has 1 aromatic carbocycles. The molecule has 7 nitrogen and oxygen atoms in total. The molecular formula is C20H27ClN6O. The van der Waals surface area contributed by atoms with Crippen LogP contribution in [0.3, 0.4) is 0 Å². The molecule has 1 aliphatic heterocycles. The summed E-state index contributed by atoms with van der Waals surface area (Å²) >= 11 is 0. The predicted octanol–water partition coefficient (Wildman–Crippen LogP) is 2.52. The molecule has 1 aliphatic rings. The van der Waals surface area contributed by atoms with E-state index in [1.165, 1.54) is 0 Å². The second kappa shape index (κ2) is 9.21. The molecular weight excluding hydrogens is 376 g/mol. The summed E-state index contributed by atoms with van der Waals surface area (Å²) < 4.78 is 5.32. The number of rotatable bonds is 6. The smallest absolute Gasteiger partial charge is 0.316 e. The van der Waals surface area contributed by atoms with Crippen molar-refractivity contribution in [3.05, 3.63) is 64.6 Å². The van der Waals surface area contributed by atoms with E-state index in [0.29, 0.717) is 6.54 Å². The average molecular weight is 403 g/mol. The fourth-order valence-electron chi connectivity index (χ4n) is 3.70. The molecule has 0 bridgehead atoms. The molecule has 0 amide bonds. The molecule has 28 heavy (non-hydrogen) atoms. The minimum atomic E-state index is -0.0570. The molecule has 1 saturated heterocycles. The van der Waals surface area contributed by atoms with Gasteiger partial charge in [-0.25, -0.2) is 14.0 Å². The van der Waals surface area contributed by atoms with E-state index < -0.39 is 0 Å². The molecule has 0 saturated carbocycles. The zero-order chi connectivity index (χ0) is 18.6. The third-order valence-corrected chi connectivity index (χ3v) is 5.06. The van der Waals surface area contributed by atoms with Crippen LogP contribution in [0.2, 0.25) is 0 Å². The predicted molar refractivity (Wildman–Crippen MR) is 111 cm³/mol. The van der Waals surface area contributed by atoms with Crippen LogP contribution in [0.5, 0.6) is 0 Å². The monoisotopic (exact) mass is 402 g/mol. The molecule has 150 valence electrons. The van der Waals surface area contributed by atoms with Crippen molar-refractivity contribution >= 4 is 12.4 Å². The van der Waals surface area contributed by atoms with Crippen LogP contribution in [0.1, 0.15) is 36.6 Å². The molecule has 2 aromatic heterocycles. The molecule has 0 aliphatic carbocycles. The summed E-state index contributed by atoms with van der Waals surface area (Å²) in [6.07, 6.45) is 6.85. The van der Waals surface area contributed by atoms with E-state index in [1.807, 2.05) is 54.3 Å². The molecule has 1 atom stereocenters. The minimum absolute atomic E-state index is 0. The van der Waals surface area contributed by atoms with Crippen LogP contribution in [-0.2, 0) is 13.1 Å². The van der Waals surface area contributed by atoms with Crippen molar-refractivity contribution in [2.45, 2.75) is 45.2 Å². The number of hydrogen-bond donors (Lipinski definition) is 1. The van der Waals surface area contributed by atoms with Gasteiger partial charge in [-0.1, -0.05) is 18.2 Å². The largest absolute Gasteiger partial charge is 0.350 e. The van der Waals surface area contributed by atoms with E-state index in [0.717, 1.165) is 56.0 Å². The lowest BCUT2D eigenvalue weighted by molar-refractivity contribution is 0.436. The second-order valence-electron chi connectivity index (χ2n) is 7.21. The van der Waals surface area contributed by atoms with Crippen LogP contribution in [0, 0.1) is 6.92 Å². The molecule has 1 N–H and O–H groups in total. The van der Waals surface area contributed by atoms with Gasteiger partial charge in [-0.3, -0.25) is 4.68 Å². The van der Waals surface area contributed by atoms with Gasteiger partial charge in [0.25, 0.3) is 0 Å². The highest BCUT2D eigenvalue weighted by atomic mass is 35.5. The van der Waals surface area contributed by atoms with E-state index in [2.05, 4.69) is 10.4 Å². The highest BCUT2D eigenvalue weighted by molar-refractivity contribution is 5.85. The zero-order valence-corrected chi connectivity index (χ0v) is 16.9. The number of nitrogens with one attached hydrogen (secondary N) is 1. The quantitative estimate of drug-likeness (QED) is 0.687. The minimum Gasteiger partial charge on any atom is -0.316 e. The van der Waals surface area contributed by atoms with E-state index in [-0.39, 0.29) is 24.0 Å². The first-order chi connectivity index (χ1) is 13.2. The lowest BCUT2D eigenvalue weighted by Gasteiger charge is -2.22. The maximum atomic E-state index is 13.1. The summed E-state index contributed by atoms with van der Waals surface area (Å²) in [4.78, 5) is 13.1. The Bertz CT molecular complexity index is 939. The molecule has 3 heterocycles. The Balaban J connectivity index is 0.00000225. The Hall–Kier alpha value is -2.38. The van der Waals surface area contributed by atoms with E-state index >= 15 is 0 Å². The molecule has 0 radical (unpaired) electrons. The van der Waals surface area contributed by atoms with Crippen LogP contribution in [0.15, 0.2) is 47.5 Å². The average Bonchev–Trinajstić information content (AvgIpc) is 3.26. The van der Waals surface area contributed by atoms with E-state index in [4.69, 9.17) is 5.10 Å². The number of aromatic nitrogens is 5. The van der Waals surface area contributed by atoms with Crippen LogP contribution in [0.25, 0.3) is 5.69 Å². The first-order valence-electron chi connectivity index (χ1n) is 9.67. The van der Waals surface area contributed by atoms with Crippen molar-refractivity contribution in [1.82, 2.24) is 29.4 Å². The lowest BCUT2D eigenvalue weighted by Crippen LogP contribution is -2.31. The Morgan fingerprint density at radius 3 is 2.71 bits per heavy atom. The molecule has 3 aromatic rings. The van der Waals surface area contributed by atoms with Crippen LogP contribution < -0.4 is 11.0 Å². The second-order valence-corrected chi connectivity index (χ2v) is 7.21. The van der Waals surface area contributed by atoms with Gasteiger partial charge in [0.05, 0.1) is 11.9 Å². The standard InChI is InChI=1S/C20H26N6O.ClH/c1-16-13-22-24(15-16)11-6-12-25-20(27)26(18-8-3-2-4-9-18)19(23-25)17-7-5-10-21-14-17;/h2-4,8-9,13,15,17,21H,5-7,10-12,14H2,1H3;1H. The third kappa shape index (κ3) is 4.36. The van der Waals surface area contributed by atoms with Crippen molar-refractivity contribution in [1.29, 1.82) is 0 Å². The van der Waals surface area contributed by atoms with Crippen molar-refractivity contribution in [3.63, 3.8) is 0 Å². The van der Waals surface area contributed by atoms with Gasteiger partial charge in [-0.2, -0.15) is 10.2 Å². The maximum absolute atomic E-state index is 13.1. The fraction of sp³-hybridized carbons (Fsp3) is 0.450. The molecule has 1 fully saturated rings. The maximum Gasteiger partial charge on any atom is 0.350 e. The van der Waals surface area contributed by atoms with Gasteiger partial charge < -0.3 is 5.32 Å². The van der Waals surface area contributed by atoms with Crippen LogP contribution in [0.4, 0.5) is 0 Å². The highest BCUT2D eigenvalue weighted by Crippen LogP contribution is 2.22. The van der Waals surface area contributed by atoms with Gasteiger partial charge in [0.2, 0.25) is 0 Å². The van der Waals surface area contributed by atoms with Crippen molar-refractivity contribution in [3.8, 4) is 5.69 Å². The number of piperidine rings is 1. The normalized spacial score (nSPS) is 16.7. The summed E-state index contributed by atoms with van der Waals surface area (Å²) in [5, 5.41) is 12.5. The van der Waals surface area contributed by atoms with Crippen LogP contribution >= 0.6 is 12.4 Å². The number of benzene rings is 1. The van der Waals surface area contributed by atoms with Gasteiger partial charge in [-0.15, -0.1) is 12.4 Å². The summed E-state index contributed by atoms with van der Waals surface area (Å²) in [6, 6.07) is 9.83. The van der Waals surface area contributed by atoms with Crippen LogP contribution in [-0.4, -0.2) is 37.2 Å². The first kappa shape index (κ1) is 20.4. The van der Waals surface area contributed by atoms with E-state index in [1.54, 1.807) is 9.25 Å². The number of hydrogen-bond acceptors (Lipinski definition) is 4. The summed E-state index contributed by atoms with van der Waals surface area (Å²) in [5.41, 5.74) is 1.98. The number of aryl methyl sites for hydroxylation is 3. The van der Waals surface area contributed by atoms with Crippen molar-refractivity contribution < 1.29 is 0 Å².